The highest BCUT2D eigenvalue weighted by Gasteiger charge is 2.11. The number of hydrogen-bond donors (Lipinski definition) is 0. The van der Waals surface area contributed by atoms with Crippen LogP contribution < -0.4 is 0 Å². The molecule has 0 aliphatic heterocycles. The number of methoxy groups -OCH3 is 1. The molecule has 11 heavy (non-hydrogen) atoms. The van der Waals surface area contributed by atoms with E-state index < -0.39 is 0 Å². The first-order chi connectivity index (χ1) is 5.22. The van der Waals surface area contributed by atoms with Gasteiger partial charge in [-0.1, -0.05) is 29.8 Å². The summed E-state index contributed by atoms with van der Waals surface area (Å²) in [6.45, 7) is 5.43. The van der Waals surface area contributed by atoms with E-state index in [-0.39, 0.29) is 0 Å². The molecule has 0 radical (unpaired) electrons. The molecule has 0 rings (SSSR count). The highest BCUT2D eigenvalue weighted by Crippen LogP contribution is 2.17. The van der Waals surface area contributed by atoms with Crippen molar-refractivity contribution >= 4 is 15.9 Å². The molecule has 0 saturated carbocycles. The Morgan fingerprint density at radius 3 is 2.36 bits per heavy atom. The predicted octanol–water partition coefficient (Wildman–Crippen LogP) is 3.08. The minimum absolute atomic E-state index is 0.734. The van der Waals surface area contributed by atoms with E-state index in [2.05, 4.69) is 29.8 Å². The van der Waals surface area contributed by atoms with Gasteiger partial charge in [-0.2, -0.15) is 0 Å². The van der Waals surface area contributed by atoms with Gasteiger partial charge in [-0.15, -0.1) is 0 Å². The highest BCUT2D eigenvalue weighted by atomic mass is 79.9. The zero-order valence-corrected chi connectivity index (χ0v) is 9.36. The molecule has 0 heterocycles. The van der Waals surface area contributed by atoms with Gasteiger partial charge in [-0.05, 0) is 24.7 Å². The number of hydrogen-bond acceptors (Lipinski definition) is 1. The lowest BCUT2D eigenvalue weighted by Crippen LogP contribution is -2.14. The van der Waals surface area contributed by atoms with Crippen molar-refractivity contribution in [3.8, 4) is 0 Å². The van der Waals surface area contributed by atoms with Crippen molar-refractivity contribution < 1.29 is 4.74 Å². The summed E-state index contributed by atoms with van der Waals surface area (Å²) in [5.74, 6) is 1.48. The van der Waals surface area contributed by atoms with Crippen LogP contribution in [0, 0.1) is 11.8 Å². The van der Waals surface area contributed by atoms with E-state index in [1.165, 1.54) is 12.8 Å². The van der Waals surface area contributed by atoms with Gasteiger partial charge in [-0.25, -0.2) is 0 Å². The molecule has 0 aliphatic carbocycles. The highest BCUT2D eigenvalue weighted by molar-refractivity contribution is 9.09. The van der Waals surface area contributed by atoms with Gasteiger partial charge in [0.05, 0.1) is 0 Å². The van der Waals surface area contributed by atoms with E-state index in [0.29, 0.717) is 0 Å². The fraction of sp³-hybridized carbons (Fsp3) is 1.00. The van der Waals surface area contributed by atoms with E-state index in [9.17, 15) is 0 Å². The van der Waals surface area contributed by atoms with E-state index in [4.69, 9.17) is 4.74 Å². The van der Waals surface area contributed by atoms with Crippen molar-refractivity contribution in [1.29, 1.82) is 0 Å². The molecule has 1 atom stereocenters. The third kappa shape index (κ3) is 5.68. The lowest BCUT2D eigenvalue weighted by Gasteiger charge is -2.18. The SMILES string of the molecule is COCC(CCCBr)C(C)C. The van der Waals surface area contributed by atoms with Crippen LogP contribution in [0.4, 0.5) is 0 Å². The molecule has 68 valence electrons. The van der Waals surface area contributed by atoms with E-state index >= 15 is 0 Å². The number of halogens is 1. The maximum atomic E-state index is 5.15. The topological polar surface area (TPSA) is 9.23 Å². The molecule has 0 spiro atoms. The lowest BCUT2D eigenvalue weighted by atomic mass is 9.92. The van der Waals surface area contributed by atoms with Crippen molar-refractivity contribution in [1.82, 2.24) is 0 Å². The van der Waals surface area contributed by atoms with Gasteiger partial charge in [0.2, 0.25) is 0 Å². The van der Waals surface area contributed by atoms with Crippen molar-refractivity contribution in [2.75, 3.05) is 19.0 Å². The normalized spacial score (nSPS) is 13.9. The molecule has 0 bridgehead atoms. The lowest BCUT2D eigenvalue weighted by molar-refractivity contribution is 0.124. The minimum atomic E-state index is 0.734. The first-order valence-electron chi connectivity index (χ1n) is 4.27. The molecule has 0 aliphatic rings. The summed E-state index contributed by atoms with van der Waals surface area (Å²) in [7, 11) is 1.78. The van der Waals surface area contributed by atoms with Crippen LogP contribution in [0.25, 0.3) is 0 Å². The van der Waals surface area contributed by atoms with Gasteiger partial charge >= 0.3 is 0 Å². The van der Waals surface area contributed by atoms with Gasteiger partial charge < -0.3 is 4.74 Å². The summed E-state index contributed by atoms with van der Waals surface area (Å²) in [6.07, 6.45) is 2.53. The largest absolute Gasteiger partial charge is 0.384 e. The van der Waals surface area contributed by atoms with Gasteiger partial charge in [0.15, 0.2) is 0 Å². The van der Waals surface area contributed by atoms with Crippen LogP contribution in [0.15, 0.2) is 0 Å². The molecule has 0 aromatic carbocycles. The van der Waals surface area contributed by atoms with Crippen LogP contribution in [0.5, 0.6) is 0 Å². The maximum Gasteiger partial charge on any atom is 0.0492 e. The molecule has 0 amide bonds. The fourth-order valence-electron chi connectivity index (χ4n) is 1.16. The van der Waals surface area contributed by atoms with Crippen LogP contribution in [0.2, 0.25) is 0 Å². The average molecular weight is 223 g/mol. The Bertz CT molecular complexity index is 83.6. The third-order valence-electron chi connectivity index (χ3n) is 2.03. The standard InChI is InChI=1S/C9H19BrO/c1-8(2)9(7-11-3)5-4-6-10/h8-9H,4-7H2,1-3H3. The van der Waals surface area contributed by atoms with Gasteiger partial charge in [0.25, 0.3) is 0 Å². The van der Waals surface area contributed by atoms with Crippen molar-refractivity contribution in [2.45, 2.75) is 26.7 Å². The molecular weight excluding hydrogens is 204 g/mol. The van der Waals surface area contributed by atoms with Crippen molar-refractivity contribution in [2.24, 2.45) is 11.8 Å². The van der Waals surface area contributed by atoms with Crippen molar-refractivity contribution in [3.63, 3.8) is 0 Å². The maximum absolute atomic E-state index is 5.15. The fourth-order valence-corrected chi connectivity index (χ4v) is 1.49. The van der Waals surface area contributed by atoms with Crippen LogP contribution >= 0.6 is 15.9 Å². The zero-order valence-electron chi connectivity index (χ0n) is 7.77. The first kappa shape index (κ1) is 11.4. The number of ether oxygens (including phenoxy) is 1. The van der Waals surface area contributed by atoms with Crippen LogP contribution in [0.1, 0.15) is 26.7 Å². The summed E-state index contributed by atoms with van der Waals surface area (Å²) in [4.78, 5) is 0. The van der Waals surface area contributed by atoms with Crippen LogP contribution in [-0.4, -0.2) is 19.0 Å². The Morgan fingerprint density at radius 1 is 1.36 bits per heavy atom. The number of rotatable bonds is 6. The Labute approximate surface area is 78.6 Å². The van der Waals surface area contributed by atoms with E-state index in [1.807, 2.05) is 0 Å². The summed E-state index contributed by atoms with van der Waals surface area (Å²) in [5, 5.41) is 1.11. The van der Waals surface area contributed by atoms with Crippen molar-refractivity contribution in [3.05, 3.63) is 0 Å². The summed E-state index contributed by atoms with van der Waals surface area (Å²) in [6, 6.07) is 0. The second-order valence-electron chi connectivity index (χ2n) is 3.29. The smallest absolute Gasteiger partial charge is 0.0492 e. The second kappa shape index (κ2) is 7.11. The Balaban J connectivity index is 3.51. The van der Waals surface area contributed by atoms with Crippen LogP contribution in [-0.2, 0) is 4.74 Å². The first-order valence-corrected chi connectivity index (χ1v) is 5.39. The Morgan fingerprint density at radius 2 is 2.00 bits per heavy atom. The molecule has 1 nitrogen and oxygen atoms in total. The Hall–Kier alpha value is 0.440. The molecule has 1 unspecified atom stereocenters. The average Bonchev–Trinajstić information content (AvgIpc) is 1.97. The van der Waals surface area contributed by atoms with Gasteiger partial charge in [0, 0.05) is 19.0 Å². The zero-order chi connectivity index (χ0) is 8.69. The Kier molecular flexibility index (Phi) is 7.39. The van der Waals surface area contributed by atoms with E-state index in [0.717, 1.165) is 23.8 Å². The molecular formula is C9H19BrO. The summed E-state index contributed by atoms with van der Waals surface area (Å²) in [5.41, 5.74) is 0. The predicted molar refractivity (Wildman–Crippen MR) is 53.2 cm³/mol. The quantitative estimate of drug-likeness (QED) is 0.629. The molecule has 0 saturated heterocycles. The third-order valence-corrected chi connectivity index (χ3v) is 2.59. The molecule has 0 N–H and O–H groups in total. The summed E-state index contributed by atoms with van der Waals surface area (Å²) < 4.78 is 5.15. The van der Waals surface area contributed by atoms with E-state index in [1.54, 1.807) is 7.11 Å². The van der Waals surface area contributed by atoms with Gasteiger partial charge in [0.1, 0.15) is 0 Å². The molecule has 0 fully saturated rings. The number of alkyl halides is 1. The van der Waals surface area contributed by atoms with Gasteiger partial charge in [-0.3, -0.25) is 0 Å². The second-order valence-corrected chi connectivity index (χ2v) is 4.08. The minimum Gasteiger partial charge on any atom is -0.384 e. The monoisotopic (exact) mass is 222 g/mol. The molecule has 2 heteroatoms. The summed E-state index contributed by atoms with van der Waals surface area (Å²) >= 11 is 3.44. The van der Waals surface area contributed by atoms with Crippen LogP contribution in [0.3, 0.4) is 0 Å². The molecule has 0 aromatic rings. The molecule has 0 aromatic heterocycles.